The first-order valence-electron chi connectivity index (χ1n) is 9.27. The van der Waals surface area contributed by atoms with Crippen molar-refractivity contribution in [2.75, 3.05) is 25.7 Å². The first-order valence-corrected chi connectivity index (χ1v) is 9.27. The second-order valence-electron chi connectivity index (χ2n) is 8.01. The fourth-order valence-electron chi connectivity index (χ4n) is 3.64. The van der Waals surface area contributed by atoms with Crippen molar-refractivity contribution >= 4 is 11.9 Å². The van der Waals surface area contributed by atoms with E-state index in [1.807, 2.05) is 31.4 Å². The van der Waals surface area contributed by atoms with E-state index < -0.39 is 0 Å². The van der Waals surface area contributed by atoms with Gasteiger partial charge in [0.25, 0.3) is 0 Å². The summed E-state index contributed by atoms with van der Waals surface area (Å²) in [6.45, 7) is 5.23. The molecule has 1 aromatic carbocycles. The Balaban J connectivity index is 1.82. The van der Waals surface area contributed by atoms with Gasteiger partial charge in [-0.1, -0.05) is 44.2 Å². The number of benzene rings is 1. The van der Waals surface area contributed by atoms with Crippen LogP contribution in [0.4, 0.5) is 5.95 Å². The molecule has 27 heavy (non-hydrogen) atoms. The number of methoxy groups -OCH3 is 1. The van der Waals surface area contributed by atoms with Crippen molar-refractivity contribution in [1.82, 2.24) is 15.3 Å². The topological polar surface area (TPSA) is 67.3 Å². The van der Waals surface area contributed by atoms with E-state index in [1.54, 1.807) is 0 Å². The summed E-state index contributed by atoms with van der Waals surface area (Å²) in [6, 6.07) is 10.2. The molecule has 1 amide bonds. The Morgan fingerprint density at radius 2 is 2.07 bits per heavy atom. The molecule has 0 spiro atoms. The van der Waals surface area contributed by atoms with Gasteiger partial charge in [0.1, 0.15) is 6.61 Å². The minimum absolute atomic E-state index is 0.0572. The van der Waals surface area contributed by atoms with Crippen molar-refractivity contribution in [1.29, 1.82) is 0 Å². The Labute approximate surface area is 161 Å². The van der Waals surface area contributed by atoms with E-state index in [9.17, 15) is 4.79 Å². The Morgan fingerprint density at radius 1 is 1.33 bits per heavy atom. The number of carbonyl (C=O) groups is 1. The molecule has 144 valence electrons. The zero-order valence-corrected chi connectivity index (χ0v) is 16.5. The van der Waals surface area contributed by atoms with Crippen LogP contribution in [0.15, 0.2) is 36.5 Å². The van der Waals surface area contributed by atoms with Gasteiger partial charge in [-0.25, -0.2) is 9.97 Å². The van der Waals surface area contributed by atoms with Crippen molar-refractivity contribution < 1.29 is 9.53 Å². The maximum atomic E-state index is 12.0. The summed E-state index contributed by atoms with van der Waals surface area (Å²) < 4.78 is 4.94. The van der Waals surface area contributed by atoms with Gasteiger partial charge in [0, 0.05) is 32.5 Å². The molecule has 1 N–H and O–H groups in total. The summed E-state index contributed by atoms with van der Waals surface area (Å²) >= 11 is 0. The number of nitrogens with one attached hydrogen (secondary N) is 1. The highest BCUT2D eigenvalue weighted by molar-refractivity contribution is 5.77. The van der Waals surface area contributed by atoms with Crippen LogP contribution >= 0.6 is 0 Å². The summed E-state index contributed by atoms with van der Waals surface area (Å²) in [4.78, 5) is 23.5. The van der Waals surface area contributed by atoms with Crippen LogP contribution in [0, 0.1) is 5.41 Å². The van der Waals surface area contributed by atoms with Gasteiger partial charge in [0.2, 0.25) is 11.9 Å². The number of rotatable bonds is 6. The maximum Gasteiger partial charge on any atom is 0.246 e. The van der Waals surface area contributed by atoms with E-state index >= 15 is 0 Å². The van der Waals surface area contributed by atoms with Crippen LogP contribution in [-0.4, -0.2) is 36.6 Å². The summed E-state index contributed by atoms with van der Waals surface area (Å²) in [6.07, 6.45) is 3.60. The van der Waals surface area contributed by atoms with E-state index in [1.165, 1.54) is 12.7 Å². The molecule has 1 atom stereocenters. The number of hydrogen-bond acceptors (Lipinski definition) is 5. The molecule has 1 heterocycles. The number of nitrogens with zero attached hydrogens (tertiary/aromatic N) is 3. The van der Waals surface area contributed by atoms with E-state index in [-0.39, 0.29) is 24.0 Å². The summed E-state index contributed by atoms with van der Waals surface area (Å²) in [5.74, 6) is 0.591. The Bertz CT molecular complexity index is 792. The molecule has 6 nitrogen and oxygen atoms in total. The predicted molar refractivity (Wildman–Crippen MR) is 105 cm³/mol. The van der Waals surface area contributed by atoms with Gasteiger partial charge < -0.3 is 15.0 Å². The molecular formula is C21H28N4O2. The van der Waals surface area contributed by atoms with Crippen LogP contribution in [0.2, 0.25) is 0 Å². The highest BCUT2D eigenvalue weighted by Gasteiger charge is 2.34. The van der Waals surface area contributed by atoms with Crippen molar-refractivity contribution in [2.45, 2.75) is 39.3 Å². The molecule has 0 saturated heterocycles. The molecule has 1 aliphatic rings. The predicted octanol–water partition coefficient (Wildman–Crippen LogP) is 2.89. The number of ether oxygens (including phenoxy) is 1. The Hall–Kier alpha value is -2.47. The van der Waals surface area contributed by atoms with E-state index in [4.69, 9.17) is 9.72 Å². The van der Waals surface area contributed by atoms with Gasteiger partial charge in [-0.2, -0.15) is 0 Å². The second-order valence-corrected chi connectivity index (χ2v) is 8.01. The third-order valence-corrected chi connectivity index (χ3v) is 4.88. The van der Waals surface area contributed by atoms with E-state index in [0.717, 1.165) is 30.6 Å². The van der Waals surface area contributed by atoms with Crippen LogP contribution in [0.5, 0.6) is 0 Å². The zero-order chi connectivity index (χ0) is 19.4. The number of hydrogen-bond donors (Lipinski definition) is 1. The smallest absolute Gasteiger partial charge is 0.246 e. The Kier molecular flexibility index (Phi) is 5.75. The monoisotopic (exact) mass is 368 g/mol. The molecule has 2 aromatic rings. The van der Waals surface area contributed by atoms with Crippen LogP contribution in [0.1, 0.15) is 43.1 Å². The molecule has 1 aliphatic carbocycles. The van der Waals surface area contributed by atoms with Gasteiger partial charge in [-0.15, -0.1) is 0 Å². The summed E-state index contributed by atoms with van der Waals surface area (Å²) in [5.41, 5.74) is 3.29. The minimum atomic E-state index is -0.114. The molecule has 0 radical (unpaired) electrons. The van der Waals surface area contributed by atoms with Gasteiger partial charge >= 0.3 is 0 Å². The largest absolute Gasteiger partial charge is 0.375 e. The van der Waals surface area contributed by atoms with E-state index in [2.05, 4.69) is 41.2 Å². The molecule has 0 saturated carbocycles. The molecule has 0 unspecified atom stereocenters. The molecule has 3 rings (SSSR count). The summed E-state index contributed by atoms with van der Waals surface area (Å²) in [7, 11) is 3.52. The molecule has 6 heteroatoms. The first-order chi connectivity index (χ1) is 12.9. The lowest BCUT2D eigenvalue weighted by Gasteiger charge is -2.36. The number of amides is 1. The SMILES string of the molecule is COCC(=O)N[C@@H]1CC(C)(C)Cc2nc(N(C)Cc3ccccc3)ncc21. The first kappa shape index (κ1) is 19.3. The van der Waals surface area contributed by atoms with Crippen molar-refractivity contribution in [3.63, 3.8) is 0 Å². The average molecular weight is 368 g/mol. The Morgan fingerprint density at radius 3 is 2.78 bits per heavy atom. The minimum Gasteiger partial charge on any atom is -0.375 e. The highest BCUT2D eigenvalue weighted by atomic mass is 16.5. The van der Waals surface area contributed by atoms with Crippen LogP contribution in [0.25, 0.3) is 0 Å². The lowest BCUT2D eigenvalue weighted by Crippen LogP contribution is -2.38. The quantitative estimate of drug-likeness (QED) is 0.849. The standard InChI is InChI=1S/C21H28N4O2/c1-21(2)10-17(23-19(26)14-27-4)16-12-22-20(24-18(16)11-21)25(3)13-15-8-6-5-7-9-15/h5-9,12,17H,10-11,13-14H2,1-4H3,(H,23,26)/t17-/m1/s1. The number of carbonyl (C=O) groups excluding carboxylic acids is 1. The third kappa shape index (κ3) is 4.83. The second kappa shape index (κ2) is 8.05. The third-order valence-electron chi connectivity index (χ3n) is 4.88. The zero-order valence-electron chi connectivity index (χ0n) is 16.5. The number of anilines is 1. The fourth-order valence-corrected chi connectivity index (χ4v) is 3.64. The lowest BCUT2D eigenvalue weighted by molar-refractivity contribution is -0.125. The lowest BCUT2D eigenvalue weighted by atomic mass is 9.74. The highest BCUT2D eigenvalue weighted by Crippen LogP contribution is 2.40. The van der Waals surface area contributed by atoms with Gasteiger partial charge in [0.15, 0.2) is 0 Å². The van der Waals surface area contributed by atoms with Gasteiger partial charge in [0.05, 0.1) is 11.7 Å². The van der Waals surface area contributed by atoms with Crippen molar-refractivity contribution in [3.8, 4) is 0 Å². The van der Waals surface area contributed by atoms with Crippen LogP contribution in [0.3, 0.4) is 0 Å². The molecule has 0 aliphatic heterocycles. The molecule has 0 fully saturated rings. The van der Waals surface area contributed by atoms with Crippen LogP contribution < -0.4 is 10.2 Å². The van der Waals surface area contributed by atoms with Crippen molar-refractivity contribution in [3.05, 3.63) is 53.3 Å². The molecule has 0 bridgehead atoms. The van der Waals surface area contributed by atoms with Crippen LogP contribution in [-0.2, 0) is 22.5 Å². The van der Waals surface area contributed by atoms with Crippen molar-refractivity contribution in [2.24, 2.45) is 5.41 Å². The average Bonchev–Trinajstić information content (AvgIpc) is 2.61. The summed E-state index contributed by atoms with van der Waals surface area (Å²) in [5, 5.41) is 3.06. The maximum absolute atomic E-state index is 12.0. The number of aromatic nitrogens is 2. The molecular weight excluding hydrogens is 340 g/mol. The fraction of sp³-hybridized carbons (Fsp3) is 0.476. The van der Waals surface area contributed by atoms with Gasteiger partial charge in [-0.05, 0) is 23.8 Å². The molecule has 1 aromatic heterocycles. The van der Waals surface area contributed by atoms with Gasteiger partial charge in [-0.3, -0.25) is 4.79 Å². The normalized spacial score (nSPS) is 17.9. The number of fused-ring (bicyclic) bond motifs is 1. The van der Waals surface area contributed by atoms with E-state index in [0.29, 0.717) is 5.95 Å².